The minimum Gasteiger partial charge on any atom is -0.497 e. The molecule has 0 bridgehead atoms. The quantitative estimate of drug-likeness (QED) is 0.903. The number of benzene rings is 1. The molecule has 0 aliphatic rings. The molecule has 0 spiro atoms. The van der Waals surface area contributed by atoms with Crippen molar-refractivity contribution in [3.05, 3.63) is 53.6 Å². The molecule has 1 N–H and O–H groups in total. The van der Waals surface area contributed by atoms with Crippen LogP contribution in [0.15, 0.2) is 36.5 Å². The first-order valence-corrected chi connectivity index (χ1v) is 6.25. The van der Waals surface area contributed by atoms with Gasteiger partial charge < -0.3 is 9.84 Å². The maximum Gasteiger partial charge on any atom is 0.314 e. The normalized spacial score (nSPS) is 11.9. The first-order chi connectivity index (χ1) is 9.60. The number of nitrogens with zero attached hydrogens (tertiary/aromatic N) is 2. The van der Waals surface area contributed by atoms with Crippen LogP contribution in [0.1, 0.15) is 23.0 Å². The van der Waals surface area contributed by atoms with Gasteiger partial charge in [0.1, 0.15) is 17.5 Å². The molecule has 0 fully saturated rings. The van der Waals surface area contributed by atoms with Crippen LogP contribution >= 0.6 is 0 Å². The van der Waals surface area contributed by atoms with Gasteiger partial charge in [0.2, 0.25) is 0 Å². The predicted molar refractivity (Wildman–Crippen MR) is 73.8 cm³/mol. The maximum absolute atomic E-state index is 11.4. The summed E-state index contributed by atoms with van der Waals surface area (Å²) >= 11 is 0. The minimum absolute atomic E-state index is 0.341. The molecule has 0 aliphatic heterocycles. The highest BCUT2D eigenvalue weighted by Crippen LogP contribution is 2.20. The van der Waals surface area contributed by atoms with Crippen LogP contribution < -0.4 is 4.74 Å². The average Bonchev–Trinajstić information content (AvgIpc) is 2.45. The van der Waals surface area contributed by atoms with Gasteiger partial charge in [-0.05, 0) is 37.1 Å². The van der Waals surface area contributed by atoms with Crippen LogP contribution in [0.2, 0.25) is 0 Å². The highest BCUT2D eigenvalue weighted by atomic mass is 16.5. The van der Waals surface area contributed by atoms with E-state index in [1.807, 2.05) is 31.2 Å². The molecule has 1 aromatic heterocycles. The van der Waals surface area contributed by atoms with E-state index < -0.39 is 11.9 Å². The van der Waals surface area contributed by atoms with Gasteiger partial charge in [0.05, 0.1) is 7.11 Å². The third-order valence-electron chi connectivity index (χ3n) is 3.02. The molecular formula is C15H16N2O3. The fraction of sp³-hybridized carbons (Fsp3) is 0.267. The lowest BCUT2D eigenvalue weighted by atomic mass is 9.98. The van der Waals surface area contributed by atoms with Crippen molar-refractivity contribution in [3.8, 4) is 5.75 Å². The van der Waals surface area contributed by atoms with E-state index in [1.165, 1.54) is 0 Å². The number of ether oxygens (including phenoxy) is 1. The van der Waals surface area contributed by atoms with E-state index in [2.05, 4.69) is 9.97 Å². The molecule has 1 atom stereocenters. The van der Waals surface area contributed by atoms with E-state index in [9.17, 15) is 9.90 Å². The van der Waals surface area contributed by atoms with Crippen molar-refractivity contribution in [2.75, 3.05) is 7.11 Å². The third-order valence-corrected chi connectivity index (χ3v) is 3.02. The van der Waals surface area contributed by atoms with Crippen LogP contribution in [0.3, 0.4) is 0 Å². The summed E-state index contributed by atoms with van der Waals surface area (Å²) in [5.41, 5.74) is 1.67. The lowest BCUT2D eigenvalue weighted by Crippen LogP contribution is -2.17. The van der Waals surface area contributed by atoms with Crippen molar-refractivity contribution in [1.82, 2.24) is 9.97 Å². The van der Waals surface area contributed by atoms with E-state index in [-0.39, 0.29) is 0 Å². The highest BCUT2D eigenvalue weighted by Gasteiger charge is 2.23. The van der Waals surface area contributed by atoms with Crippen molar-refractivity contribution in [2.24, 2.45) is 0 Å². The van der Waals surface area contributed by atoms with E-state index >= 15 is 0 Å². The van der Waals surface area contributed by atoms with Crippen molar-refractivity contribution >= 4 is 5.97 Å². The largest absolute Gasteiger partial charge is 0.497 e. The molecule has 5 heteroatoms. The number of carboxylic acid groups (broad SMARTS) is 1. The van der Waals surface area contributed by atoms with Gasteiger partial charge in [-0.15, -0.1) is 0 Å². The molecule has 1 unspecified atom stereocenters. The van der Waals surface area contributed by atoms with Gasteiger partial charge in [0.25, 0.3) is 0 Å². The topological polar surface area (TPSA) is 72.3 Å². The Morgan fingerprint density at radius 3 is 2.55 bits per heavy atom. The number of aryl methyl sites for hydroxylation is 1. The second-order valence-electron chi connectivity index (χ2n) is 4.50. The van der Waals surface area contributed by atoms with E-state index in [0.717, 1.165) is 17.0 Å². The Hall–Kier alpha value is -2.43. The molecule has 2 aromatic rings. The molecule has 1 heterocycles. The van der Waals surface area contributed by atoms with Crippen molar-refractivity contribution in [2.45, 2.75) is 19.3 Å². The monoisotopic (exact) mass is 272 g/mol. The molecule has 0 radical (unpaired) electrons. The van der Waals surface area contributed by atoms with Gasteiger partial charge in [-0.3, -0.25) is 4.79 Å². The fourth-order valence-corrected chi connectivity index (χ4v) is 1.92. The second kappa shape index (κ2) is 6.14. The zero-order valence-corrected chi connectivity index (χ0v) is 11.4. The summed E-state index contributed by atoms with van der Waals surface area (Å²) in [4.78, 5) is 19.7. The number of hydrogen-bond acceptors (Lipinski definition) is 4. The summed E-state index contributed by atoms with van der Waals surface area (Å²) in [5, 5.41) is 9.37. The van der Waals surface area contributed by atoms with Gasteiger partial charge in [0.15, 0.2) is 0 Å². The number of methoxy groups -OCH3 is 1. The number of carboxylic acids is 1. The fourth-order valence-electron chi connectivity index (χ4n) is 1.92. The number of rotatable bonds is 5. The number of hydrogen-bond donors (Lipinski definition) is 1. The third kappa shape index (κ3) is 3.32. The van der Waals surface area contributed by atoms with Gasteiger partial charge >= 0.3 is 5.97 Å². The standard InChI is InChI=1S/C15H16N2O3/c1-10-7-8-16-14(17-10)13(15(18)19)9-11-3-5-12(20-2)6-4-11/h3-8,13H,9H2,1-2H3,(H,18,19). The molecule has 104 valence electrons. The Morgan fingerprint density at radius 1 is 1.30 bits per heavy atom. The zero-order chi connectivity index (χ0) is 14.5. The summed E-state index contributed by atoms with van der Waals surface area (Å²) < 4.78 is 5.08. The van der Waals surface area contributed by atoms with Crippen LogP contribution in [-0.4, -0.2) is 28.2 Å². The highest BCUT2D eigenvalue weighted by molar-refractivity contribution is 5.75. The number of carbonyl (C=O) groups is 1. The Morgan fingerprint density at radius 2 is 2.00 bits per heavy atom. The molecule has 2 rings (SSSR count). The summed E-state index contributed by atoms with van der Waals surface area (Å²) in [5.74, 6) is -0.588. The van der Waals surface area contributed by atoms with Gasteiger partial charge in [0, 0.05) is 11.9 Å². The number of aromatic nitrogens is 2. The summed E-state index contributed by atoms with van der Waals surface area (Å²) in [7, 11) is 1.59. The Bertz CT molecular complexity index is 596. The Balaban J connectivity index is 2.23. The maximum atomic E-state index is 11.4. The molecule has 0 saturated heterocycles. The zero-order valence-electron chi connectivity index (χ0n) is 11.4. The van der Waals surface area contributed by atoms with Gasteiger partial charge in [-0.25, -0.2) is 9.97 Å². The van der Waals surface area contributed by atoms with Crippen LogP contribution in [0, 0.1) is 6.92 Å². The molecule has 0 amide bonds. The predicted octanol–water partition coefficient (Wildman–Crippen LogP) is 2.20. The average molecular weight is 272 g/mol. The summed E-state index contributed by atoms with van der Waals surface area (Å²) in [6, 6.07) is 9.07. The molecule has 0 saturated carbocycles. The number of aliphatic carboxylic acids is 1. The SMILES string of the molecule is COc1ccc(CC(C(=O)O)c2nccc(C)n2)cc1. The van der Waals surface area contributed by atoms with Crippen LogP contribution in [0.5, 0.6) is 5.75 Å². The van der Waals surface area contributed by atoms with Crippen LogP contribution in [0.4, 0.5) is 0 Å². The van der Waals surface area contributed by atoms with E-state index in [0.29, 0.717) is 12.2 Å². The van der Waals surface area contributed by atoms with Crippen LogP contribution in [0.25, 0.3) is 0 Å². The van der Waals surface area contributed by atoms with Gasteiger partial charge in [-0.1, -0.05) is 12.1 Å². The first kappa shape index (κ1) is 14.0. The second-order valence-corrected chi connectivity index (χ2v) is 4.50. The van der Waals surface area contributed by atoms with Crippen molar-refractivity contribution in [3.63, 3.8) is 0 Å². The molecule has 5 nitrogen and oxygen atoms in total. The molecule has 0 aliphatic carbocycles. The summed E-state index contributed by atoms with van der Waals surface area (Å²) in [6.07, 6.45) is 1.93. The first-order valence-electron chi connectivity index (χ1n) is 6.25. The Kier molecular flexibility index (Phi) is 4.30. The molecule has 1 aromatic carbocycles. The lowest BCUT2D eigenvalue weighted by molar-refractivity contribution is -0.139. The van der Waals surface area contributed by atoms with Crippen molar-refractivity contribution in [1.29, 1.82) is 0 Å². The molecule has 20 heavy (non-hydrogen) atoms. The lowest BCUT2D eigenvalue weighted by Gasteiger charge is -2.11. The summed E-state index contributed by atoms with van der Waals surface area (Å²) in [6.45, 7) is 1.82. The molecular weight excluding hydrogens is 256 g/mol. The van der Waals surface area contributed by atoms with E-state index in [4.69, 9.17) is 4.74 Å². The van der Waals surface area contributed by atoms with Crippen molar-refractivity contribution < 1.29 is 14.6 Å². The van der Waals surface area contributed by atoms with Gasteiger partial charge in [-0.2, -0.15) is 0 Å². The van der Waals surface area contributed by atoms with Crippen LogP contribution in [-0.2, 0) is 11.2 Å². The van der Waals surface area contributed by atoms with E-state index in [1.54, 1.807) is 19.4 Å². The minimum atomic E-state index is -0.925. The smallest absolute Gasteiger partial charge is 0.314 e. The Labute approximate surface area is 117 Å².